The third kappa shape index (κ3) is 2.07. The number of Topliss-reactive ketones (excluding diaryl/α,β-unsaturated/α-hetero) is 1. The van der Waals surface area contributed by atoms with Gasteiger partial charge in [-0.2, -0.15) is 0 Å². The third-order valence-electron chi connectivity index (χ3n) is 4.09. The van der Waals surface area contributed by atoms with Crippen LogP contribution in [0.1, 0.15) is 48.0 Å². The van der Waals surface area contributed by atoms with Crippen LogP contribution >= 0.6 is 0 Å². The van der Waals surface area contributed by atoms with Crippen LogP contribution in [-0.4, -0.2) is 10.8 Å². The van der Waals surface area contributed by atoms with Crippen LogP contribution in [0.5, 0.6) is 0 Å². The van der Waals surface area contributed by atoms with E-state index in [2.05, 4.69) is 30.1 Å². The molecule has 3 rings (SSSR count). The molecule has 1 aliphatic rings. The van der Waals surface area contributed by atoms with Gasteiger partial charge in [0.05, 0.1) is 0 Å². The minimum absolute atomic E-state index is 0.304. The zero-order valence-electron chi connectivity index (χ0n) is 10.8. The molecular weight excluding hydrogens is 222 g/mol. The van der Waals surface area contributed by atoms with Crippen molar-refractivity contribution < 1.29 is 4.79 Å². The Kier molecular flexibility index (Phi) is 2.94. The standard InChI is InChI=1S/C16H19NO/c1-11-6-7-15-13(8-11)14(10-17-15)16(18)9-12-4-2-3-5-12/h6-8,10,12,17H,2-5,9H2,1H3. The molecule has 1 fully saturated rings. The van der Waals surface area contributed by atoms with E-state index < -0.39 is 0 Å². The lowest BCUT2D eigenvalue weighted by Crippen LogP contribution is -2.05. The Balaban J connectivity index is 1.88. The number of carbonyl (C=O) groups excluding carboxylic acids is 1. The first kappa shape index (κ1) is 11.5. The van der Waals surface area contributed by atoms with E-state index in [1.54, 1.807) is 0 Å². The molecule has 1 N–H and O–H groups in total. The van der Waals surface area contributed by atoms with Crippen LogP contribution in [0.25, 0.3) is 10.9 Å². The number of aryl methyl sites for hydroxylation is 1. The molecule has 18 heavy (non-hydrogen) atoms. The Hall–Kier alpha value is -1.57. The number of nitrogens with one attached hydrogen (secondary N) is 1. The number of ketones is 1. The minimum atomic E-state index is 0.304. The number of aromatic nitrogens is 1. The molecule has 1 aromatic carbocycles. The summed E-state index contributed by atoms with van der Waals surface area (Å²) in [5.41, 5.74) is 3.15. The molecule has 1 aromatic heterocycles. The highest BCUT2D eigenvalue weighted by atomic mass is 16.1. The summed E-state index contributed by atoms with van der Waals surface area (Å²) in [6.07, 6.45) is 7.65. The van der Waals surface area contributed by atoms with Crippen molar-refractivity contribution in [2.45, 2.75) is 39.0 Å². The SMILES string of the molecule is Cc1ccc2[nH]cc(C(=O)CC3CCCC3)c2c1. The van der Waals surface area contributed by atoms with Gasteiger partial charge in [0.2, 0.25) is 0 Å². The van der Waals surface area contributed by atoms with Gasteiger partial charge in [-0.1, -0.05) is 37.3 Å². The van der Waals surface area contributed by atoms with Crippen molar-refractivity contribution in [2.24, 2.45) is 5.92 Å². The second-order valence-corrected chi connectivity index (χ2v) is 5.53. The number of aromatic amines is 1. The van der Waals surface area contributed by atoms with Crippen LogP contribution in [0.4, 0.5) is 0 Å². The van der Waals surface area contributed by atoms with Gasteiger partial charge in [-0.15, -0.1) is 0 Å². The van der Waals surface area contributed by atoms with Crippen molar-refractivity contribution in [1.82, 2.24) is 4.98 Å². The summed E-state index contributed by atoms with van der Waals surface area (Å²) in [6, 6.07) is 6.23. The van der Waals surface area contributed by atoms with Gasteiger partial charge in [0, 0.05) is 29.1 Å². The van der Waals surface area contributed by atoms with Gasteiger partial charge < -0.3 is 4.98 Å². The van der Waals surface area contributed by atoms with E-state index in [0.717, 1.165) is 22.9 Å². The number of carbonyl (C=O) groups is 1. The molecule has 1 aliphatic carbocycles. The molecule has 2 heteroatoms. The molecule has 0 radical (unpaired) electrons. The highest BCUT2D eigenvalue weighted by molar-refractivity contribution is 6.08. The fourth-order valence-electron chi connectivity index (χ4n) is 3.05. The molecule has 2 nitrogen and oxygen atoms in total. The first-order valence-corrected chi connectivity index (χ1v) is 6.85. The summed E-state index contributed by atoms with van der Waals surface area (Å²) in [7, 11) is 0. The largest absolute Gasteiger partial charge is 0.360 e. The Labute approximate surface area is 107 Å². The molecule has 0 atom stereocenters. The highest BCUT2D eigenvalue weighted by Crippen LogP contribution is 2.30. The molecule has 1 heterocycles. The molecule has 0 saturated heterocycles. The van der Waals surface area contributed by atoms with Crippen molar-refractivity contribution in [3.8, 4) is 0 Å². The second kappa shape index (κ2) is 4.60. The topological polar surface area (TPSA) is 32.9 Å². The first-order chi connectivity index (χ1) is 8.74. The zero-order chi connectivity index (χ0) is 12.5. The quantitative estimate of drug-likeness (QED) is 0.801. The Bertz CT molecular complexity index is 576. The van der Waals surface area contributed by atoms with Crippen LogP contribution in [0.2, 0.25) is 0 Å². The number of rotatable bonds is 3. The summed E-state index contributed by atoms with van der Waals surface area (Å²) in [6.45, 7) is 2.07. The van der Waals surface area contributed by atoms with Gasteiger partial charge in [-0.05, 0) is 25.0 Å². The van der Waals surface area contributed by atoms with E-state index >= 15 is 0 Å². The maximum Gasteiger partial charge on any atom is 0.165 e. The van der Waals surface area contributed by atoms with Gasteiger partial charge in [0.1, 0.15) is 0 Å². The summed E-state index contributed by atoms with van der Waals surface area (Å²) < 4.78 is 0. The molecule has 0 spiro atoms. The fourth-order valence-corrected chi connectivity index (χ4v) is 3.05. The summed E-state index contributed by atoms with van der Waals surface area (Å²) >= 11 is 0. The van der Waals surface area contributed by atoms with Crippen molar-refractivity contribution >= 4 is 16.7 Å². The number of fused-ring (bicyclic) bond motifs is 1. The van der Waals surface area contributed by atoms with E-state index in [0.29, 0.717) is 11.7 Å². The lowest BCUT2D eigenvalue weighted by atomic mass is 9.96. The van der Waals surface area contributed by atoms with Crippen molar-refractivity contribution in [2.75, 3.05) is 0 Å². The molecule has 0 unspecified atom stereocenters. The van der Waals surface area contributed by atoms with Crippen molar-refractivity contribution in [3.05, 3.63) is 35.5 Å². The van der Waals surface area contributed by atoms with Gasteiger partial charge in [0.25, 0.3) is 0 Å². The monoisotopic (exact) mass is 241 g/mol. The van der Waals surface area contributed by atoms with Crippen molar-refractivity contribution in [1.29, 1.82) is 0 Å². The molecule has 0 amide bonds. The number of H-pyrrole nitrogens is 1. The van der Waals surface area contributed by atoms with Crippen molar-refractivity contribution in [3.63, 3.8) is 0 Å². The molecular formula is C16H19NO. The zero-order valence-corrected chi connectivity index (χ0v) is 10.8. The highest BCUT2D eigenvalue weighted by Gasteiger charge is 2.20. The molecule has 0 aliphatic heterocycles. The van der Waals surface area contributed by atoms with Crippen LogP contribution in [0.15, 0.2) is 24.4 Å². The Morgan fingerprint density at radius 3 is 2.89 bits per heavy atom. The number of hydrogen-bond acceptors (Lipinski definition) is 1. The predicted molar refractivity (Wildman–Crippen MR) is 73.9 cm³/mol. The fraction of sp³-hybridized carbons (Fsp3) is 0.438. The minimum Gasteiger partial charge on any atom is -0.360 e. The summed E-state index contributed by atoms with van der Waals surface area (Å²) in [5.74, 6) is 0.922. The van der Waals surface area contributed by atoms with Gasteiger partial charge in [-0.25, -0.2) is 0 Å². The second-order valence-electron chi connectivity index (χ2n) is 5.53. The van der Waals surface area contributed by atoms with E-state index in [1.165, 1.54) is 31.2 Å². The average Bonchev–Trinajstić information content (AvgIpc) is 2.97. The van der Waals surface area contributed by atoms with Crippen LogP contribution in [-0.2, 0) is 0 Å². The van der Waals surface area contributed by atoms with E-state index in [1.807, 2.05) is 6.20 Å². The van der Waals surface area contributed by atoms with E-state index in [4.69, 9.17) is 0 Å². The number of hydrogen-bond donors (Lipinski definition) is 1. The molecule has 1 saturated carbocycles. The van der Waals surface area contributed by atoms with Gasteiger partial charge in [-0.3, -0.25) is 4.79 Å². The van der Waals surface area contributed by atoms with E-state index in [9.17, 15) is 4.79 Å². The number of benzene rings is 1. The molecule has 0 bridgehead atoms. The Morgan fingerprint density at radius 2 is 2.11 bits per heavy atom. The first-order valence-electron chi connectivity index (χ1n) is 6.85. The maximum absolute atomic E-state index is 12.4. The normalized spacial score (nSPS) is 16.5. The van der Waals surface area contributed by atoms with Gasteiger partial charge in [0.15, 0.2) is 5.78 Å². The third-order valence-corrected chi connectivity index (χ3v) is 4.09. The lowest BCUT2D eigenvalue weighted by molar-refractivity contribution is 0.0964. The Morgan fingerprint density at radius 1 is 1.33 bits per heavy atom. The van der Waals surface area contributed by atoms with E-state index in [-0.39, 0.29) is 0 Å². The van der Waals surface area contributed by atoms with Crippen LogP contribution in [0, 0.1) is 12.8 Å². The maximum atomic E-state index is 12.4. The molecule has 2 aromatic rings. The summed E-state index contributed by atoms with van der Waals surface area (Å²) in [4.78, 5) is 15.6. The predicted octanol–water partition coefficient (Wildman–Crippen LogP) is 4.24. The average molecular weight is 241 g/mol. The molecule has 94 valence electrons. The van der Waals surface area contributed by atoms with Gasteiger partial charge >= 0.3 is 0 Å². The summed E-state index contributed by atoms with van der Waals surface area (Å²) in [5, 5.41) is 1.08. The van der Waals surface area contributed by atoms with Crippen LogP contribution < -0.4 is 0 Å². The van der Waals surface area contributed by atoms with Crippen LogP contribution in [0.3, 0.4) is 0 Å². The lowest BCUT2D eigenvalue weighted by Gasteiger charge is -2.06. The smallest absolute Gasteiger partial charge is 0.165 e.